The predicted molar refractivity (Wildman–Crippen MR) is 133 cm³/mol. The van der Waals surface area contributed by atoms with Gasteiger partial charge in [0.2, 0.25) is 5.95 Å². The number of ether oxygens (including phenoxy) is 2. The van der Waals surface area contributed by atoms with E-state index in [0.717, 1.165) is 67.3 Å². The highest BCUT2D eigenvalue weighted by Gasteiger charge is 2.22. The van der Waals surface area contributed by atoms with Gasteiger partial charge in [0.05, 0.1) is 19.7 Å². The monoisotopic (exact) mass is 456 g/mol. The number of aryl methyl sites for hydroxylation is 2. The number of anilines is 2. The zero-order valence-electron chi connectivity index (χ0n) is 19.5. The van der Waals surface area contributed by atoms with Crippen LogP contribution in [-0.4, -0.2) is 60.3 Å². The van der Waals surface area contributed by atoms with Crippen LogP contribution in [0.1, 0.15) is 11.1 Å². The van der Waals surface area contributed by atoms with Crippen molar-refractivity contribution in [2.75, 3.05) is 50.2 Å². The van der Waals surface area contributed by atoms with Gasteiger partial charge in [-0.3, -0.25) is 0 Å². The maximum atomic E-state index is 5.49. The molecule has 8 nitrogen and oxygen atoms in total. The van der Waals surface area contributed by atoms with Gasteiger partial charge in [0.25, 0.3) is 0 Å². The average molecular weight is 457 g/mol. The van der Waals surface area contributed by atoms with E-state index in [2.05, 4.69) is 54.0 Å². The molecule has 1 saturated heterocycles. The van der Waals surface area contributed by atoms with Gasteiger partial charge in [-0.2, -0.15) is 0 Å². The summed E-state index contributed by atoms with van der Waals surface area (Å²) in [7, 11) is 3.27. The first-order valence-electron chi connectivity index (χ1n) is 11.5. The molecule has 2 aromatic carbocycles. The second kappa shape index (κ2) is 9.91. The highest BCUT2D eigenvalue weighted by Crippen LogP contribution is 2.35. The Morgan fingerprint density at radius 3 is 2.09 bits per heavy atom. The van der Waals surface area contributed by atoms with E-state index in [1.165, 1.54) is 5.56 Å². The van der Waals surface area contributed by atoms with E-state index in [0.29, 0.717) is 11.5 Å². The van der Waals surface area contributed by atoms with Crippen molar-refractivity contribution in [2.24, 2.45) is 0 Å². The van der Waals surface area contributed by atoms with Crippen LogP contribution in [0.5, 0.6) is 11.5 Å². The Kier molecular flexibility index (Phi) is 6.38. The summed E-state index contributed by atoms with van der Waals surface area (Å²) in [5, 5.41) is 0.951. The van der Waals surface area contributed by atoms with Gasteiger partial charge >= 0.3 is 0 Å². The average Bonchev–Trinajstić information content (AvgIpc) is 2.91. The number of fused-ring (bicyclic) bond motifs is 1. The summed E-state index contributed by atoms with van der Waals surface area (Å²) >= 11 is 0. The predicted octanol–water partition coefficient (Wildman–Crippen LogP) is 3.55. The third-order valence-corrected chi connectivity index (χ3v) is 6.22. The highest BCUT2D eigenvalue weighted by atomic mass is 16.5. The summed E-state index contributed by atoms with van der Waals surface area (Å²) in [5.74, 6) is 3.02. The molecule has 1 aliphatic heterocycles. The lowest BCUT2D eigenvalue weighted by Gasteiger charge is -2.35. The first kappa shape index (κ1) is 21.9. The molecule has 1 fully saturated rings. The standard InChI is InChI=1S/C26H28N6O2/c1-33-23-14-21-22(15-24(23)34-2)29-18-30-25(21)31-10-12-32(13-11-31)26-27-16-20(17-28-26)9-8-19-6-4-3-5-7-19/h3-7,14-18H,8-13H2,1-2H3. The van der Waals surface area contributed by atoms with Crippen molar-refractivity contribution in [1.82, 2.24) is 19.9 Å². The van der Waals surface area contributed by atoms with Crippen molar-refractivity contribution in [2.45, 2.75) is 12.8 Å². The maximum Gasteiger partial charge on any atom is 0.225 e. The van der Waals surface area contributed by atoms with E-state index in [-0.39, 0.29) is 0 Å². The minimum Gasteiger partial charge on any atom is -0.493 e. The van der Waals surface area contributed by atoms with Crippen molar-refractivity contribution in [3.8, 4) is 11.5 Å². The Morgan fingerprint density at radius 1 is 0.735 bits per heavy atom. The van der Waals surface area contributed by atoms with E-state index in [9.17, 15) is 0 Å². The second-order valence-corrected chi connectivity index (χ2v) is 8.27. The molecule has 0 radical (unpaired) electrons. The summed E-state index contributed by atoms with van der Waals surface area (Å²) < 4.78 is 10.9. The number of hydrogen-bond donors (Lipinski definition) is 0. The van der Waals surface area contributed by atoms with Crippen molar-refractivity contribution in [3.05, 3.63) is 72.3 Å². The molecular weight excluding hydrogens is 428 g/mol. The minimum atomic E-state index is 0.661. The van der Waals surface area contributed by atoms with E-state index < -0.39 is 0 Å². The van der Waals surface area contributed by atoms with Crippen LogP contribution in [0.3, 0.4) is 0 Å². The fraction of sp³-hybridized carbons (Fsp3) is 0.308. The molecule has 1 aliphatic rings. The zero-order chi connectivity index (χ0) is 23.3. The molecule has 34 heavy (non-hydrogen) atoms. The van der Waals surface area contributed by atoms with Gasteiger partial charge in [0.1, 0.15) is 12.1 Å². The molecule has 0 N–H and O–H groups in total. The Labute approximate surface area is 199 Å². The van der Waals surface area contributed by atoms with Gasteiger partial charge in [-0.15, -0.1) is 0 Å². The van der Waals surface area contributed by atoms with Crippen LogP contribution in [0.25, 0.3) is 10.9 Å². The maximum absolute atomic E-state index is 5.49. The third kappa shape index (κ3) is 4.57. The van der Waals surface area contributed by atoms with Gasteiger partial charge in [-0.1, -0.05) is 30.3 Å². The summed E-state index contributed by atoms with van der Waals surface area (Å²) in [6, 6.07) is 14.3. The Balaban J connectivity index is 1.25. The normalized spacial score (nSPS) is 13.8. The molecule has 0 atom stereocenters. The van der Waals surface area contributed by atoms with Gasteiger partial charge in [-0.25, -0.2) is 19.9 Å². The summed E-state index contributed by atoms with van der Waals surface area (Å²) in [4.78, 5) is 22.8. The Morgan fingerprint density at radius 2 is 1.38 bits per heavy atom. The van der Waals surface area contributed by atoms with E-state index in [1.54, 1.807) is 20.5 Å². The summed E-state index contributed by atoms with van der Waals surface area (Å²) in [6.45, 7) is 3.28. The Bertz CT molecular complexity index is 1240. The van der Waals surface area contributed by atoms with E-state index in [1.807, 2.05) is 30.6 Å². The second-order valence-electron chi connectivity index (χ2n) is 8.27. The van der Waals surface area contributed by atoms with Crippen molar-refractivity contribution in [1.29, 1.82) is 0 Å². The van der Waals surface area contributed by atoms with Gasteiger partial charge in [-0.05, 0) is 30.0 Å². The smallest absolute Gasteiger partial charge is 0.225 e. The van der Waals surface area contributed by atoms with Crippen molar-refractivity contribution < 1.29 is 9.47 Å². The molecule has 3 heterocycles. The van der Waals surface area contributed by atoms with Crippen LogP contribution in [0.4, 0.5) is 11.8 Å². The topological polar surface area (TPSA) is 76.5 Å². The molecule has 0 aliphatic carbocycles. The van der Waals surface area contributed by atoms with Gasteiger partial charge < -0.3 is 19.3 Å². The molecule has 0 saturated carbocycles. The van der Waals surface area contributed by atoms with E-state index >= 15 is 0 Å². The SMILES string of the molecule is COc1cc2ncnc(N3CCN(c4ncc(CCc5ccccc5)cn4)CC3)c2cc1OC. The number of methoxy groups -OCH3 is 2. The molecule has 0 spiro atoms. The molecule has 4 aromatic rings. The molecule has 0 bridgehead atoms. The summed E-state index contributed by atoms with van der Waals surface area (Å²) in [5.41, 5.74) is 3.32. The van der Waals surface area contributed by atoms with Crippen LogP contribution in [-0.2, 0) is 12.8 Å². The summed E-state index contributed by atoms with van der Waals surface area (Å²) in [6.07, 6.45) is 7.44. The lowest BCUT2D eigenvalue weighted by Crippen LogP contribution is -2.47. The largest absolute Gasteiger partial charge is 0.493 e. The fourth-order valence-corrected chi connectivity index (χ4v) is 4.31. The number of hydrogen-bond acceptors (Lipinski definition) is 8. The van der Waals surface area contributed by atoms with Crippen LogP contribution < -0.4 is 19.3 Å². The zero-order valence-corrected chi connectivity index (χ0v) is 19.5. The number of nitrogens with zero attached hydrogens (tertiary/aromatic N) is 6. The number of aromatic nitrogens is 4. The molecule has 174 valence electrons. The molecule has 5 rings (SSSR count). The number of benzene rings is 2. The molecular formula is C26H28N6O2. The van der Waals surface area contributed by atoms with Crippen molar-refractivity contribution in [3.63, 3.8) is 0 Å². The van der Waals surface area contributed by atoms with Crippen LogP contribution >= 0.6 is 0 Å². The highest BCUT2D eigenvalue weighted by molar-refractivity contribution is 5.92. The first-order valence-corrected chi connectivity index (χ1v) is 11.5. The Hall–Kier alpha value is -3.94. The number of piperazine rings is 1. The third-order valence-electron chi connectivity index (χ3n) is 6.22. The minimum absolute atomic E-state index is 0.661. The first-order chi connectivity index (χ1) is 16.7. The molecule has 0 amide bonds. The quantitative estimate of drug-likeness (QED) is 0.418. The van der Waals surface area contributed by atoms with Crippen molar-refractivity contribution >= 4 is 22.7 Å². The lowest BCUT2D eigenvalue weighted by atomic mass is 10.1. The molecule has 2 aromatic heterocycles. The van der Waals surface area contributed by atoms with Gasteiger partial charge in [0.15, 0.2) is 11.5 Å². The van der Waals surface area contributed by atoms with Gasteiger partial charge in [0, 0.05) is 50.0 Å². The van der Waals surface area contributed by atoms with E-state index in [4.69, 9.17) is 9.47 Å². The number of rotatable bonds is 7. The lowest BCUT2D eigenvalue weighted by molar-refractivity contribution is 0.356. The van der Waals surface area contributed by atoms with Crippen LogP contribution in [0.2, 0.25) is 0 Å². The van der Waals surface area contributed by atoms with Crippen LogP contribution in [0.15, 0.2) is 61.2 Å². The molecule has 0 unspecified atom stereocenters. The fourth-order valence-electron chi connectivity index (χ4n) is 4.31. The van der Waals surface area contributed by atoms with Crippen LogP contribution in [0, 0.1) is 0 Å². The molecule has 8 heteroatoms.